The van der Waals surface area contributed by atoms with E-state index in [2.05, 4.69) is 39.9 Å². The molecule has 0 saturated heterocycles. The fourth-order valence-electron chi connectivity index (χ4n) is 2.46. The molecule has 0 fully saturated rings. The molecule has 0 aliphatic carbocycles. The van der Waals surface area contributed by atoms with Crippen LogP contribution in [0.1, 0.15) is 19.4 Å². The van der Waals surface area contributed by atoms with Crippen molar-refractivity contribution in [3.8, 4) is 0 Å². The van der Waals surface area contributed by atoms with Crippen LogP contribution in [-0.2, 0) is 6.42 Å². The molecule has 0 bridgehead atoms. The second kappa shape index (κ2) is 7.05. The Morgan fingerprint density at radius 1 is 1.24 bits per heavy atom. The number of rotatable bonds is 5. The second-order valence-corrected chi connectivity index (χ2v) is 6.09. The smallest absolute Gasteiger partial charge is 0.125 e. The van der Waals surface area contributed by atoms with Crippen molar-refractivity contribution in [2.75, 3.05) is 11.4 Å². The highest BCUT2D eigenvalue weighted by Gasteiger charge is 2.14. The van der Waals surface area contributed by atoms with Crippen LogP contribution in [0.4, 0.5) is 15.8 Å². The lowest BCUT2D eigenvalue weighted by Crippen LogP contribution is -2.22. The molecule has 2 rings (SSSR count). The Kier molecular flexibility index (Phi) is 5.37. The monoisotopic (exact) mass is 350 g/mol. The first kappa shape index (κ1) is 16.0. The molecule has 0 spiro atoms. The van der Waals surface area contributed by atoms with E-state index in [1.54, 1.807) is 12.1 Å². The third-order valence-electron chi connectivity index (χ3n) is 3.31. The average Bonchev–Trinajstić information content (AvgIpc) is 2.41. The number of nitrogens with two attached hydrogens (primary N) is 1. The van der Waals surface area contributed by atoms with Gasteiger partial charge in [0.25, 0.3) is 0 Å². The van der Waals surface area contributed by atoms with Gasteiger partial charge in [-0.25, -0.2) is 4.39 Å². The fraction of sp³-hybridized carbons (Fsp3) is 0.294. The summed E-state index contributed by atoms with van der Waals surface area (Å²) in [7, 11) is 0. The number of hydrogen-bond donors (Lipinski definition) is 1. The Labute approximate surface area is 133 Å². The highest BCUT2D eigenvalue weighted by Crippen LogP contribution is 2.31. The Morgan fingerprint density at radius 2 is 2.00 bits per heavy atom. The topological polar surface area (TPSA) is 29.3 Å². The average molecular weight is 351 g/mol. The van der Waals surface area contributed by atoms with Crippen LogP contribution >= 0.6 is 15.9 Å². The van der Waals surface area contributed by atoms with Gasteiger partial charge in [-0.05, 0) is 62.2 Å². The lowest BCUT2D eigenvalue weighted by Gasteiger charge is -2.26. The quantitative estimate of drug-likeness (QED) is 0.851. The summed E-state index contributed by atoms with van der Waals surface area (Å²) in [5.41, 5.74) is 9.04. The van der Waals surface area contributed by atoms with Gasteiger partial charge in [-0.1, -0.05) is 22.0 Å². The molecule has 0 heterocycles. The van der Waals surface area contributed by atoms with Gasteiger partial charge in [-0.3, -0.25) is 0 Å². The van der Waals surface area contributed by atoms with Crippen molar-refractivity contribution < 1.29 is 4.39 Å². The van der Waals surface area contributed by atoms with Crippen molar-refractivity contribution in [3.63, 3.8) is 0 Å². The van der Waals surface area contributed by atoms with Crippen LogP contribution in [0.25, 0.3) is 0 Å². The van der Waals surface area contributed by atoms with Crippen molar-refractivity contribution in [1.82, 2.24) is 0 Å². The van der Waals surface area contributed by atoms with E-state index < -0.39 is 0 Å². The zero-order valence-electron chi connectivity index (χ0n) is 12.3. The second-order valence-electron chi connectivity index (χ2n) is 5.18. The minimum absolute atomic E-state index is 0.0734. The highest BCUT2D eigenvalue weighted by molar-refractivity contribution is 9.10. The van der Waals surface area contributed by atoms with E-state index in [0.717, 1.165) is 34.4 Å². The van der Waals surface area contributed by atoms with E-state index in [1.807, 2.05) is 19.1 Å². The van der Waals surface area contributed by atoms with Gasteiger partial charge in [0.05, 0.1) is 0 Å². The summed E-state index contributed by atoms with van der Waals surface area (Å²) in [5, 5.41) is 0. The van der Waals surface area contributed by atoms with Crippen molar-refractivity contribution in [2.45, 2.75) is 26.3 Å². The van der Waals surface area contributed by atoms with E-state index in [-0.39, 0.29) is 11.9 Å². The standard InChI is InChI=1S/C17H20BrFN2/c1-3-21(16-6-4-5-15(19)11-16)17-8-7-14(18)10-13(17)9-12(2)20/h4-8,10-12H,3,9,20H2,1-2H3. The van der Waals surface area contributed by atoms with Crippen molar-refractivity contribution in [3.05, 3.63) is 58.3 Å². The van der Waals surface area contributed by atoms with Gasteiger partial charge in [-0.15, -0.1) is 0 Å². The Balaban J connectivity index is 2.46. The summed E-state index contributed by atoms with van der Waals surface area (Å²) in [6.45, 7) is 4.81. The number of anilines is 2. The number of hydrogen-bond acceptors (Lipinski definition) is 2. The zero-order valence-corrected chi connectivity index (χ0v) is 13.9. The summed E-state index contributed by atoms with van der Waals surface area (Å²) < 4.78 is 14.5. The maximum absolute atomic E-state index is 13.5. The summed E-state index contributed by atoms with van der Waals surface area (Å²) in [4.78, 5) is 2.10. The fourth-order valence-corrected chi connectivity index (χ4v) is 2.87. The van der Waals surface area contributed by atoms with E-state index >= 15 is 0 Å². The SMILES string of the molecule is CCN(c1cccc(F)c1)c1ccc(Br)cc1CC(C)N. The van der Waals surface area contributed by atoms with E-state index in [1.165, 1.54) is 6.07 Å². The molecular weight excluding hydrogens is 331 g/mol. The first-order valence-corrected chi connectivity index (χ1v) is 7.87. The Morgan fingerprint density at radius 3 is 2.62 bits per heavy atom. The van der Waals surface area contributed by atoms with Crippen LogP contribution in [0.5, 0.6) is 0 Å². The summed E-state index contributed by atoms with van der Waals surface area (Å²) >= 11 is 3.51. The van der Waals surface area contributed by atoms with Gasteiger partial charge in [0, 0.05) is 28.4 Å². The normalized spacial score (nSPS) is 12.2. The summed E-state index contributed by atoms with van der Waals surface area (Å²) in [6, 6.07) is 12.9. The van der Waals surface area contributed by atoms with Crippen LogP contribution in [0.3, 0.4) is 0 Å². The molecule has 0 aromatic heterocycles. The van der Waals surface area contributed by atoms with E-state index in [4.69, 9.17) is 5.73 Å². The molecule has 0 aliphatic heterocycles. The first-order chi connectivity index (χ1) is 10.0. The lowest BCUT2D eigenvalue weighted by atomic mass is 10.0. The first-order valence-electron chi connectivity index (χ1n) is 7.08. The third-order valence-corrected chi connectivity index (χ3v) is 3.80. The molecule has 0 amide bonds. The Bertz CT molecular complexity index is 613. The lowest BCUT2D eigenvalue weighted by molar-refractivity contribution is 0.627. The van der Waals surface area contributed by atoms with Gasteiger partial charge in [0.15, 0.2) is 0 Å². The van der Waals surface area contributed by atoms with Gasteiger partial charge in [0.1, 0.15) is 5.82 Å². The minimum Gasteiger partial charge on any atom is -0.341 e. The van der Waals surface area contributed by atoms with Gasteiger partial charge < -0.3 is 10.6 Å². The minimum atomic E-state index is -0.225. The molecule has 112 valence electrons. The van der Waals surface area contributed by atoms with Crippen molar-refractivity contribution in [2.24, 2.45) is 5.73 Å². The number of benzene rings is 2. The molecule has 1 atom stereocenters. The van der Waals surface area contributed by atoms with Crippen LogP contribution in [0.2, 0.25) is 0 Å². The molecule has 2 aromatic carbocycles. The molecule has 21 heavy (non-hydrogen) atoms. The van der Waals surface area contributed by atoms with Crippen LogP contribution < -0.4 is 10.6 Å². The van der Waals surface area contributed by atoms with E-state index in [9.17, 15) is 4.39 Å². The van der Waals surface area contributed by atoms with Crippen molar-refractivity contribution in [1.29, 1.82) is 0 Å². The highest BCUT2D eigenvalue weighted by atomic mass is 79.9. The maximum Gasteiger partial charge on any atom is 0.125 e. The van der Waals surface area contributed by atoms with Gasteiger partial charge >= 0.3 is 0 Å². The van der Waals surface area contributed by atoms with Crippen molar-refractivity contribution >= 4 is 27.3 Å². The van der Waals surface area contributed by atoms with Crippen LogP contribution in [0, 0.1) is 5.82 Å². The molecule has 1 unspecified atom stereocenters. The molecule has 0 aliphatic rings. The largest absolute Gasteiger partial charge is 0.341 e. The zero-order chi connectivity index (χ0) is 15.4. The molecule has 0 saturated carbocycles. The molecule has 4 heteroatoms. The number of nitrogens with zero attached hydrogens (tertiary/aromatic N) is 1. The third kappa shape index (κ3) is 4.05. The predicted octanol–water partition coefficient (Wildman–Crippen LogP) is 4.64. The summed E-state index contributed by atoms with van der Waals surface area (Å²) in [6.07, 6.45) is 0.778. The Hall–Kier alpha value is -1.39. The molecule has 0 radical (unpaired) electrons. The molecule has 2 N–H and O–H groups in total. The van der Waals surface area contributed by atoms with Crippen LogP contribution in [-0.4, -0.2) is 12.6 Å². The molecule has 2 nitrogen and oxygen atoms in total. The van der Waals surface area contributed by atoms with E-state index in [0.29, 0.717) is 0 Å². The van der Waals surface area contributed by atoms with Gasteiger partial charge in [0.2, 0.25) is 0 Å². The molecule has 2 aromatic rings. The van der Waals surface area contributed by atoms with Crippen LogP contribution in [0.15, 0.2) is 46.9 Å². The van der Waals surface area contributed by atoms with Gasteiger partial charge in [-0.2, -0.15) is 0 Å². The predicted molar refractivity (Wildman–Crippen MR) is 90.6 cm³/mol. The summed E-state index contributed by atoms with van der Waals surface area (Å²) in [5.74, 6) is -0.225. The maximum atomic E-state index is 13.5. The molecular formula is C17H20BrFN2. The number of halogens is 2.